The van der Waals surface area contributed by atoms with Crippen molar-refractivity contribution in [2.45, 2.75) is 69.7 Å². The van der Waals surface area contributed by atoms with E-state index in [4.69, 9.17) is 0 Å². The first-order chi connectivity index (χ1) is 25.7. The minimum absolute atomic E-state index is 0. The van der Waals surface area contributed by atoms with Gasteiger partial charge in [0.05, 0.1) is 6.54 Å². The third-order valence-electron chi connectivity index (χ3n) is 7.46. The summed E-state index contributed by atoms with van der Waals surface area (Å²) >= 11 is 0. The highest BCUT2D eigenvalue weighted by atomic mass is 19.1. The first kappa shape index (κ1) is 49.5. The summed E-state index contributed by atoms with van der Waals surface area (Å²) in [4.78, 5) is 3.95. The molecule has 1 nitrogen and oxygen atoms in total. The molecule has 55 heavy (non-hydrogen) atoms. The predicted molar refractivity (Wildman–Crippen MR) is 230 cm³/mol. The molecule has 0 saturated carbocycles. The van der Waals surface area contributed by atoms with Crippen molar-refractivity contribution in [3.8, 4) is 0 Å². The van der Waals surface area contributed by atoms with E-state index in [1.807, 2.05) is 43.5 Å². The molecule has 1 aliphatic heterocycles. The zero-order valence-electron chi connectivity index (χ0n) is 33.2. The lowest BCUT2D eigenvalue weighted by Gasteiger charge is -1.93. The SMILES string of the molecule is C.CC1=CCN=C1.Cc1cc(F)cc(F)c1.Cc1ccc(C)cc1.Cc1cccc(F)c1.Cc1ccccc1.Cc1ccccc1C.Cc1ccccc1F. The highest BCUT2D eigenvalue weighted by molar-refractivity contribution is 5.79. The standard InChI is InChI=1S/2C8H10.C7H6F2.2C7H7F.C7H8.C5H7N.CH4/c1-7-3-5-8(2)6-4-7;1-7-5-3-4-6-8(7)2;1-5-2-6(8)4-7(9)3-5;1-6-3-2-4-7(8)5-6;1-6-4-2-3-5-7(6)8;1-7-5-3-2-4-6-7;1-5-2-3-6-4-5;/h2*3-6H,1-2H3;2-4H,1H3;2*2-5H,1H3;2-6H,1H3;2,4H,3H2,1H3;1H4. The Kier molecular flexibility index (Phi) is 26.0. The van der Waals surface area contributed by atoms with Gasteiger partial charge in [0.15, 0.2) is 0 Å². The van der Waals surface area contributed by atoms with Crippen LogP contribution in [0.2, 0.25) is 0 Å². The quantitative estimate of drug-likeness (QED) is 0.137. The average molecular weight is 750 g/mol. The van der Waals surface area contributed by atoms with E-state index in [-0.39, 0.29) is 19.1 Å². The number of benzene rings is 6. The van der Waals surface area contributed by atoms with Crippen molar-refractivity contribution >= 4 is 6.21 Å². The molecule has 1 heterocycles. The van der Waals surface area contributed by atoms with Gasteiger partial charge in [0.2, 0.25) is 0 Å². The molecule has 1 aliphatic rings. The zero-order valence-corrected chi connectivity index (χ0v) is 33.2. The van der Waals surface area contributed by atoms with Gasteiger partial charge in [-0.2, -0.15) is 0 Å². The van der Waals surface area contributed by atoms with Gasteiger partial charge in [-0.15, -0.1) is 0 Å². The van der Waals surface area contributed by atoms with Gasteiger partial charge in [0.1, 0.15) is 23.3 Å². The van der Waals surface area contributed by atoms with Gasteiger partial charge in [0, 0.05) is 12.3 Å². The van der Waals surface area contributed by atoms with Crippen LogP contribution in [0.5, 0.6) is 0 Å². The number of nitrogens with zero attached hydrogens (tertiary/aromatic N) is 1. The second-order valence-electron chi connectivity index (χ2n) is 12.8. The van der Waals surface area contributed by atoms with Crippen LogP contribution < -0.4 is 0 Å². The van der Waals surface area contributed by atoms with Crippen LogP contribution in [-0.4, -0.2) is 12.8 Å². The molecule has 0 radical (unpaired) electrons. The maximum absolute atomic E-state index is 12.3. The van der Waals surface area contributed by atoms with Gasteiger partial charge in [-0.25, -0.2) is 17.6 Å². The maximum Gasteiger partial charge on any atom is 0.126 e. The number of aliphatic imine (C=N–C) groups is 1. The number of allylic oxidation sites excluding steroid dienone is 1. The van der Waals surface area contributed by atoms with Crippen molar-refractivity contribution in [1.82, 2.24) is 0 Å². The Morgan fingerprint density at radius 1 is 0.382 bits per heavy atom. The van der Waals surface area contributed by atoms with Gasteiger partial charge in [-0.05, 0) is 126 Å². The van der Waals surface area contributed by atoms with E-state index in [1.165, 1.54) is 63.7 Å². The van der Waals surface area contributed by atoms with E-state index in [0.717, 1.165) is 18.2 Å². The molecule has 0 aromatic heterocycles. The van der Waals surface area contributed by atoms with Gasteiger partial charge in [-0.1, -0.05) is 139 Å². The van der Waals surface area contributed by atoms with E-state index < -0.39 is 11.6 Å². The monoisotopic (exact) mass is 749 g/mol. The maximum atomic E-state index is 12.3. The van der Waals surface area contributed by atoms with Crippen LogP contribution in [0, 0.1) is 78.7 Å². The molecule has 0 atom stereocenters. The molecular weight excluding hydrogens is 691 g/mol. The molecule has 0 N–H and O–H groups in total. The Morgan fingerprint density at radius 2 is 0.800 bits per heavy atom. The number of halogens is 4. The number of rotatable bonds is 0. The van der Waals surface area contributed by atoms with Crippen LogP contribution in [0.3, 0.4) is 0 Å². The summed E-state index contributed by atoms with van der Waals surface area (Å²) < 4.78 is 48.9. The van der Waals surface area contributed by atoms with E-state index in [2.05, 4.69) is 113 Å². The Labute approximate surface area is 329 Å². The lowest BCUT2D eigenvalue weighted by atomic mass is 10.1. The molecule has 0 amide bonds. The van der Waals surface area contributed by atoms with Crippen LogP contribution >= 0.6 is 0 Å². The molecule has 0 saturated heterocycles. The average Bonchev–Trinajstić information content (AvgIpc) is 3.61. The fourth-order valence-electron chi connectivity index (χ4n) is 4.13. The van der Waals surface area contributed by atoms with Gasteiger partial charge in [0.25, 0.3) is 0 Å². The lowest BCUT2D eigenvalue weighted by Crippen LogP contribution is -1.80. The van der Waals surface area contributed by atoms with Gasteiger partial charge >= 0.3 is 0 Å². The molecule has 0 spiro atoms. The van der Waals surface area contributed by atoms with E-state index in [9.17, 15) is 17.6 Å². The first-order valence-electron chi connectivity index (χ1n) is 17.8. The minimum atomic E-state index is -0.521. The summed E-state index contributed by atoms with van der Waals surface area (Å²) in [7, 11) is 0. The molecular formula is C50H59F4N. The molecule has 7 rings (SSSR count). The summed E-state index contributed by atoms with van der Waals surface area (Å²) in [6.45, 7) is 18.7. The molecule has 0 bridgehead atoms. The first-order valence-corrected chi connectivity index (χ1v) is 17.8. The van der Waals surface area contributed by atoms with Crippen LogP contribution in [0.4, 0.5) is 17.6 Å². The van der Waals surface area contributed by atoms with Gasteiger partial charge in [-0.3, -0.25) is 4.99 Å². The molecule has 292 valence electrons. The fourth-order valence-corrected chi connectivity index (χ4v) is 4.13. The van der Waals surface area contributed by atoms with Crippen LogP contribution in [0.25, 0.3) is 0 Å². The third kappa shape index (κ3) is 26.0. The van der Waals surface area contributed by atoms with Crippen LogP contribution in [0.1, 0.15) is 58.9 Å². The summed E-state index contributed by atoms with van der Waals surface area (Å²) in [6, 6.07) is 43.7. The number of hydrogen-bond acceptors (Lipinski definition) is 1. The molecule has 5 heteroatoms. The van der Waals surface area contributed by atoms with Crippen molar-refractivity contribution in [1.29, 1.82) is 0 Å². The summed E-state index contributed by atoms with van der Waals surface area (Å²) in [5.41, 5.74) is 10.3. The fraction of sp³-hybridized carbons (Fsp3) is 0.220. The number of hydrogen-bond donors (Lipinski definition) is 0. The predicted octanol–water partition coefficient (Wildman–Crippen LogP) is 14.8. The van der Waals surface area contributed by atoms with E-state index >= 15 is 0 Å². The Hall–Kier alpha value is -5.55. The topological polar surface area (TPSA) is 12.4 Å². The van der Waals surface area contributed by atoms with E-state index in [1.54, 1.807) is 32.0 Å². The molecule has 0 unspecified atom stereocenters. The van der Waals surface area contributed by atoms with Crippen LogP contribution in [-0.2, 0) is 0 Å². The molecule has 6 aromatic carbocycles. The van der Waals surface area contributed by atoms with Crippen LogP contribution in [0.15, 0.2) is 162 Å². The highest BCUT2D eigenvalue weighted by Crippen LogP contribution is 2.06. The van der Waals surface area contributed by atoms with Gasteiger partial charge < -0.3 is 0 Å². The van der Waals surface area contributed by atoms with Crippen molar-refractivity contribution in [2.75, 3.05) is 6.54 Å². The Balaban J connectivity index is 0.000000618. The van der Waals surface area contributed by atoms with E-state index in [0.29, 0.717) is 11.1 Å². The summed E-state index contributed by atoms with van der Waals surface area (Å²) in [5, 5.41) is 0. The van der Waals surface area contributed by atoms with Crippen molar-refractivity contribution < 1.29 is 17.6 Å². The normalized spacial score (nSPS) is 10.1. The summed E-state index contributed by atoms with van der Waals surface area (Å²) in [5.74, 6) is -1.34. The second-order valence-corrected chi connectivity index (χ2v) is 12.8. The summed E-state index contributed by atoms with van der Waals surface area (Å²) in [6.07, 6.45) is 3.99. The largest absolute Gasteiger partial charge is 0.289 e. The smallest absolute Gasteiger partial charge is 0.126 e. The molecule has 0 aliphatic carbocycles. The molecule has 6 aromatic rings. The molecule has 0 fully saturated rings. The Bertz CT molecular complexity index is 1790. The lowest BCUT2D eigenvalue weighted by molar-refractivity contribution is 0.581. The Morgan fingerprint density at radius 3 is 1.07 bits per heavy atom. The van der Waals surface area contributed by atoms with Crippen molar-refractivity contribution in [3.05, 3.63) is 225 Å². The van der Waals surface area contributed by atoms with Crippen molar-refractivity contribution in [2.24, 2.45) is 4.99 Å². The second kappa shape index (κ2) is 28.9. The minimum Gasteiger partial charge on any atom is -0.289 e. The highest BCUT2D eigenvalue weighted by Gasteiger charge is 1.94. The number of aryl methyl sites for hydroxylation is 8. The zero-order chi connectivity index (χ0) is 40.3. The van der Waals surface area contributed by atoms with Crippen molar-refractivity contribution in [3.63, 3.8) is 0 Å². The third-order valence-corrected chi connectivity index (χ3v) is 7.46.